The van der Waals surface area contributed by atoms with Crippen molar-refractivity contribution >= 4 is 11.8 Å². The number of aryl methyl sites for hydroxylation is 1. The second-order valence-electron chi connectivity index (χ2n) is 5.17. The van der Waals surface area contributed by atoms with Crippen molar-refractivity contribution in [1.29, 1.82) is 0 Å². The number of hydrogen-bond acceptors (Lipinski definition) is 6. The first kappa shape index (κ1) is 15.7. The van der Waals surface area contributed by atoms with E-state index in [1.54, 1.807) is 26.2 Å². The van der Waals surface area contributed by atoms with E-state index in [9.17, 15) is 4.79 Å². The van der Waals surface area contributed by atoms with Gasteiger partial charge >= 0.3 is 5.97 Å². The number of rotatable bonds is 5. The Morgan fingerprint density at radius 1 is 1.38 bits per heavy atom. The number of nitrogens with zero attached hydrogens (tertiary/aromatic N) is 1. The number of ether oxygens (including phenoxy) is 3. The third-order valence-corrected chi connectivity index (χ3v) is 3.92. The number of carbonyl (C=O) groups excluding carboxylic acids is 1. The molecule has 2 rings (SSSR count). The number of esters is 1. The fourth-order valence-corrected chi connectivity index (χ4v) is 2.43. The van der Waals surface area contributed by atoms with E-state index in [1.165, 1.54) is 7.11 Å². The minimum atomic E-state index is -0.371. The van der Waals surface area contributed by atoms with Crippen molar-refractivity contribution in [3.8, 4) is 0 Å². The first-order valence-electron chi connectivity index (χ1n) is 7.03. The zero-order valence-corrected chi connectivity index (χ0v) is 12.8. The van der Waals surface area contributed by atoms with Crippen LogP contribution in [0.3, 0.4) is 0 Å². The average Bonchev–Trinajstić information content (AvgIpc) is 2.53. The highest BCUT2D eigenvalue weighted by molar-refractivity contribution is 5.90. The second-order valence-corrected chi connectivity index (χ2v) is 5.17. The van der Waals surface area contributed by atoms with E-state index in [0.29, 0.717) is 31.0 Å². The molecule has 1 aromatic rings. The Labute approximate surface area is 124 Å². The maximum atomic E-state index is 11.5. The molecule has 0 atom stereocenters. The summed E-state index contributed by atoms with van der Waals surface area (Å²) in [7, 11) is 3.09. The summed E-state index contributed by atoms with van der Waals surface area (Å²) in [6.07, 6.45) is 1.71. The molecule has 1 saturated heterocycles. The zero-order valence-electron chi connectivity index (χ0n) is 12.8. The monoisotopic (exact) mass is 294 g/mol. The lowest BCUT2D eigenvalue weighted by atomic mass is 9.94. The number of nitrogens with one attached hydrogen (secondary N) is 1. The predicted molar refractivity (Wildman–Crippen MR) is 78.6 cm³/mol. The van der Waals surface area contributed by atoms with Crippen LogP contribution in [0.15, 0.2) is 12.1 Å². The zero-order chi connectivity index (χ0) is 15.3. The number of pyridine rings is 1. The van der Waals surface area contributed by atoms with Gasteiger partial charge in [0.1, 0.15) is 5.82 Å². The van der Waals surface area contributed by atoms with E-state index < -0.39 is 0 Å². The number of anilines is 1. The molecular formula is C15H22N2O4. The largest absolute Gasteiger partial charge is 0.465 e. The standard InChI is InChI=1S/C15H22N2O4/c1-11-12(14(18)19-2)4-5-13(17-11)16-10-15(20-3)6-8-21-9-7-15/h4-5H,6-10H2,1-3H3,(H,16,17). The van der Waals surface area contributed by atoms with Crippen molar-refractivity contribution in [1.82, 2.24) is 4.98 Å². The van der Waals surface area contributed by atoms with Gasteiger partial charge < -0.3 is 19.5 Å². The molecule has 0 unspecified atom stereocenters. The SMILES string of the molecule is COC(=O)c1ccc(NCC2(OC)CCOCC2)nc1C. The van der Waals surface area contributed by atoms with Crippen molar-refractivity contribution in [2.45, 2.75) is 25.4 Å². The minimum Gasteiger partial charge on any atom is -0.465 e. The Hall–Kier alpha value is -1.66. The molecule has 1 aliphatic heterocycles. The van der Waals surface area contributed by atoms with E-state index in [4.69, 9.17) is 14.2 Å². The molecule has 21 heavy (non-hydrogen) atoms. The molecule has 0 saturated carbocycles. The van der Waals surface area contributed by atoms with Gasteiger partial charge in [-0.05, 0) is 19.1 Å². The van der Waals surface area contributed by atoms with Crippen LogP contribution in [0.25, 0.3) is 0 Å². The van der Waals surface area contributed by atoms with Gasteiger partial charge in [-0.2, -0.15) is 0 Å². The molecule has 1 aromatic heterocycles. The van der Waals surface area contributed by atoms with E-state index >= 15 is 0 Å². The summed E-state index contributed by atoms with van der Waals surface area (Å²) in [6, 6.07) is 3.50. The van der Waals surface area contributed by atoms with Crippen LogP contribution in [0.2, 0.25) is 0 Å². The smallest absolute Gasteiger partial charge is 0.339 e. The molecule has 2 heterocycles. The second kappa shape index (κ2) is 6.87. The highest BCUT2D eigenvalue weighted by Gasteiger charge is 2.32. The summed E-state index contributed by atoms with van der Waals surface area (Å²) in [5, 5.41) is 3.29. The molecule has 116 valence electrons. The van der Waals surface area contributed by atoms with Gasteiger partial charge in [-0.15, -0.1) is 0 Å². The first-order chi connectivity index (χ1) is 10.1. The molecule has 0 amide bonds. The molecule has 1 N–H and O–H groups in total. The van der Waals surface area contributed by atoms with Gasteiger partial charge in [-0.25, -0.2) is 9.78 Å². The Bertz CT molecular complexity index is 498. The van der Waals surface area contributed by atoms with Gasteiger partial charge in [0.05, 0.1) is 24.0 Å². The number of carbonyl (C=O) groups is 1. The fraction of sp³-hybridized carbons (Fsp3) is 0.600. The van der Waals surface area contributed by atoms with Crippen LogP contribution >= 0.6 is 0 Å². The topological polar surface area (TPSA) is 69.7 Å². The van der Waals surface area contributed by atoms with Gasteiger partial charge in [0.15, 0.2) is 0 Å². The van der Waals surface area contributed by atoms with Crippen LogP contribution < -0.4 is 5.32 Å². The summed E-state index contributed by atoms with van der Waals surface area (Å²) < 4.78 is 15.8. The Kier molecular flexibility index (Phi) is 5.14. The van der Waals surface area contributed by atoms with E-state index in [0.717, 1.165) is 18.7 Å². The van der Waals surface area contributed by atoms with Gasteiger partial charge in [-0.3, -0.25) is 0 Å². The molecular weight excluding hydrogens is 272 g/mol. The van der Waals surface area contributed by atoms with Crippen molar-refractivity contribution in [3.63, 3.8) is 0 Å². The lowest BCUT2D eigenvalue weighted by Gasteiger charge is -2.36. The van der Waals surface area contributed by atoms with Crippen LogP contribution in [0.5, 0.6) is 0 Å². The van der Waals surface area contributed by atoms with E-state index in [1.807, 2.05) is 0 Å². The highest BCUT2D eigenvalue weighted by atomic mass is 16.5. The van der Waals surface area contributed by atoms with Crippen LogP contribution in [-0.2, 0) is 14.2 Å². The predicted octanol–water partition coefficient (Wildman–Crippen LogP) is 1.78. The lowest BCUT2D eigenvalue weighted by molar-refractivity contribution is -0.0807. The molecule has 0 spiro atoms. The maximum Gasteiger partial charge on any atom is 0.339 e. The van der Waals surface area contributed by atoms with Crippen LogP contribution in [-0.4, -0.2) is 50.5 Å². The molecule has 6 heteroatoms. The molecule has 1 aliphatic rings. The van der Waals surface area contributed by atoms with Crippen molar-refractivity contribution in [2.24, 2.45) is 0 Å². The van der Waals surface area contributed by atoms with Crippen LogP contribution in [0, 0.1) is 6.92 Å². The fourth-order valence-electron chi connectivity index (χ4n) is 2.43. The van der Waals surface area contributed by atoms with Crippen molar-refractivity contribution in [3.05, 3.63) is 23.4 Å². The molecule has 6 nitrogen and oxygen atoms in total. The Morgan fingerprint density at radius 3 is 2.67 bits per heavy atom. The molecule has 0 aromatic carbocycles. The number of hydrogen-bond donors (Lipinski definition) is 1. The van der Waals surface area contributed by atoms with Crippen molar-refractivity contribution in [2.75, 3.05) is 39.3 Å². The average molecular weight is 294 g/mol. The Balaban J connectivity index is 2.03. The lowest BCUT2D eigenvalue weighted by Crippen LogP contribution is -2.44. The summed E-state index contributed by atoms with van der Waals surface area (Å²) in [6.45, 7) is 3.88. The summed E-state index contributed by atoms with van der Waals surface area (Å²) >= 11 is 0. The number of aromatic nitrogens is 1. The molecule has 0 bridgehead atoms. The highest BCUT2D eigenvalue weighted by Crippen LogP contribution is 2.25. The van der Waals surface area contributed by atoms with Crippen LogP contribution in [0.1, 0.15) is 28.9 Å². The van der Waals surface area contributed by atoms with Crippen molar-refractivity contribution < 1.29 is 19.0 Å². The quantitative estimate of drug-likeness (QED) is 0.835. The third-order valence-electron chi connectivity index (χ3n) is 3.92. The van der Waals surface area contributed by atoms with Gasteiger partial charge in [0.2, 0.25) is 0 Å². The normalized spacial score (nSPS) is 17.3. The minimum absolute atomic E-state index is 0.213. The van der Waals surface area contributed by atoms with Crippen LogP contribution in [0.4, 0.5) is 5.82 Å². The van der Waals surface area contributed by atoms with E-state index in [2.05, 4.69) is 10.3 Å². The van der Waals surface area contributed by atoms with Gasteiger partial charge in [-0.1, -0.05) is 0 Å². The van der Waals surface area contributed by atoms with Gasteiger partial charge in [0.25, 0.3) is 0 Å². The number of methoxy groups -OCH3 is 2. The van der Waals surface area contributed by atoms with Gasteiger partial charge in [0, 0.05) is 39.7 Å². The summed E-state index contributed by atoms with van der Waals surface area (Å²) in [4.78, 5) is 15.9. The summed E-state index contributed by atoms with van der Waals surface area (Å²) in [5.41, 5.74) is 0.912. The molecule has 0 radical (unpaired) electrons. The maximum absolute atomic E-state index is 11.5. The molecule has 1 fully saturated rings. The third kappa shape index (κ3) is 3.71. The summed E-state index contributed by atoms with van der Waals surface area (Å²) in [5.74, 6) is 0.354. The van der Waals surface area contributed by atoms with E-state index in [-0.39, 0.29) is 11.6 Å². The first-order valence-corrected chi connectivity index (χ1v) is 7.03. The molecule has 0 aliphatic carbocycles. The Morgan fingerprint density at radius 2 is 2.10 bits per heavy atom.